The van der Waals surface area contributed by atoms with Gasteiger partial charge in [-0.2, -0.15) is 0 Å². The Bertz CT molecular complexity index is 1020. The normalized spacial score (nSPS) is 10.9. The summed E-state index contributed by atoms with van der Waals surface area (Å²) in [5, 5.41) is 5.82. The van der Waals surface area contributed by atoms with Gasteiger partial charge in [0.15, 0.2) is 5.76 Å². The Morgan fingerprint density at radius 3 is 2.38 bits per heavy atom. The molecule has 4 heteroatoms. The molecule has 0 aliphatic heterocycles. The molecule has 3 aromatic carbocycles. The number of halogens is 1. The molecule has 3 nitrogen and oxygen atoms in total. The molecule has 0 atom stereocenters. The number of fused-ring (bicyclic) bond motifs is 1. The van der Waals surface area contributed by atoms with Crippen molar-refractivity contribution in [3.05, 3.63) is 72.7 Å². The summed E-state index contributed by atoms with van der Waals surface area (Å²) in [5.41, 5.74) is 1.94. The molecule has 0 saturated carbocycles. The Balaban J connectivity index is 1.98. The van der Waals surface area contributed by atoms with Crippen LogP contribution in [-0.4, -0.2) is 12.3 Å². The van der Waals surface area contributed by atoms with E-state index in [9.17, 15) is 4.39 Å². The van der Waals surface area contributed by atoms with Crippen LogP contribution in [0.25, 0.3) is 33.2 Å². The van der Waals surface area contributed by atoms with Crippen molar-refractivity contribution >= 4 is 10.8 Å². The van der Waals surface area contributed by atoms with Crippen LogP contribution in [0.15, 0.2) is 71.4 Å². The van der Waals surface area contributed by atoms with Gasteiger partial charge in [0.1, 0.15) is 11.6 Å². The largest absolute Gasteiger partial charge is 0.496 e. The second-order valence-corrected chi connectivity index (χ2v) is 5.41. The third-order valence-corrected chi connectivity index (χ3v) is 4.08. The molecule has 0 aliphatic carbocycles. The van der Waals surface area contributed by atoms with E-state index >= 15 is 0 Å². The highest BCUT2D eigenvalue weighted by atomic mass is 19.1. The summed E-state index contributed by atoms with van der Waals surface area (Å²) in [7, 11) is 1.64. The standard InChI is InChI=1S/C20H14FNO2/c1-23-19-11-10-16(13-6-2-3-8-15(13)19)20-17(12-22-24-20)14-7-4-5-9-18(14)21/h2-12H,1H3. The molecule has 0 amide bonds. The van der Waals surface area contributed by atoms with E-state index in [1.54, 1.807) is 31.5 Å². The average Bonchev–Trinajstić information content (AvgIpc) is 3.10. The van der Waals surface area contributed by atoms with Gasteiger partial charge in [-0.1, -0.05) is 47.6 Å². The number of nitrogens with zero attached hydrogens (tertiary/aromatic N) is 1. The third kappa shape index (κ3) is 2.24. The quantitative estimate of drug-likeness (QED) is 0.513. The minimum atomic E-state index is -0.306. The summed E-state index contributed by atoms with van der Waals surface area (Å²) in [4.78, 5) is 0. The van der Waals surface area contributed by atoms with Crippen LogP contribution in [0, 0.1) is 5.82 Å². The number of aromatic nitrogens is 1. The van der Waals surface area contributed by atoms with Crippen LogP contribution < -0.4 is 4.74 Å². The number of hydrogen-bond donors (Lipinski definition) is 0. The van der Waals surface area contributed by atoms with Crippen molar-refractivity contribution in [3.8, 4) is 28.2 Å². The number of rotatable bonds is 3. The van der Waals surface area contributed by atoms with E-state index in [1.165, 1.54) is 6.07 Å². The maximum Gasteiger partial charge on any atom is 0.175 e. The molecular weight excluding hydrogens is 305 g/mol. The minimum absolute atomic E-state index is 0.306. The van der Waals surface area contributed by atoms with Gasteiger partial charge in [-0.3, -0.25) is 0 Å². The predicted molar refractivity (Wildman–Crippen MR) is 91.4 cm³/mol. The van der Waals surface area contributed by atoms with Gasteiger partial charge < -0.3 is 9.26 Å². The van der Waals surface area contributed by atoms with E-state index < -0.39 is 0 Å². The molecule has 0 aliphatic rings. The Kier molecular flexibility index (Phi) is 3.50. The van der Waals surface area contributed by atoms with Gasteiger partial charge in [0, 0.05) is 16.5 Å². The highest BCUT2D eigenvalue weighted by Gasteiger charge is 2.18. The minimum Gasteiger partial charge on any atom is -0.496 e. The van der Waals surface area contributed by atoms with E-state index in [1.807, 2.05) is 36.4 Å². The molecule has 0 radical (unpaired) electrons. The molecule has 118 valence electrons. The van der Waals surface area contributed by atoms with E-state index in [-0.39, 0.29) is 5.82 Å². The molecular formula is C20H14FNO2. The van der Waals surface area contributed by atoms with Gasteiger partial charge in [-0.25, -0.2) is 4.39 Å². The van der Waals surface area contributed by atoms with Crippen LogP contribution >= 0.6 is 0 Å². The summed E-state index contributed by atoms with van der Waals surface area (Å²) in [6, 6.07) is 18.3. The van der Waals surface area contributed by atoms with E-state index in [2.05, 4.69) is 5.16 Å². The lowest BCUT2D eigenvalue weighted by Gasteiger charge is -2.10. The van der Waals surface area contributed by atoms with Crippen molar-refractivity contribution in [2.45, 2.75) is 0 Å². The maximum atomic E-state index is 14.2. The zero-order chi connectivity index (χ0) is 16.5. The summed E-state index contributed by atoms with van der Waals surface area (Å²) in [6.45, 7) is 0. The van der Waals surface area contributed by atoms with Gasteiger partial charge in [0.05, 0.1) is 18.9 Å². The van der Waals surface area contributed by atoms with Crippen LogP contribution in [0.5, 0.6) is 5.75 Å². The van der Waals surface area contributed by atoms with Crippen LogP contribution in [0.4, 0.5) is 4.39 Å². The van der Waals surface area contributed by atoms with Crippen molar-refractivity contribution < 1.29 is 13.7 Å². The summed E-state index contributed by atoms with van der Waals surface area (Å²) in [6.07, 6.45) is 1.55. The van der Waals surface area contributed by atoms with Crippen molar-refractivity contribution in [1.29, 1.82) is 0 Å². The maximum absolute atomic E-state index is 14.2. The molecule has 24 heavy (non-hydrogen) atoms. The van der Waals surface area contributed by atoms with Crippen LogP contribution in [0.1, 0.15) is 0 Å². The average molecular weight is 319 g/mol. The van der Waals surface area contributed by atoms with Crippen molar-refractivity contribution in [1.82, 2.24) is 5.16 Å². The molecule has 0 saturated heterocycles. The van der Waals surface area contributed by atoms with Crippen molar-refractivity contribution in [3.63, 3.8) is 0 Å². The first kappa shape index (κ1) is 14.5. The molecule has 0 spiro atoms. The molecule has 1 heterocycles. The van der Waals surface area contributed by atoms with Crippen molar-refractivity contribution in [2.75, 3.05) is 7.11 Å². The lowest BCUT2D eigenvalue weighted by atomic mass is 9.97. The Morgan fingerprint density at radius 2 is 1.58 bits per heavy atom. The molecule has 4 aromatic rings. The molecule has 0 bridgehead atoms. The third-order valence-electron chi connectivity index (χ3n) is 4.08. The van der Waals surface area contributed by atoms with Crippen LogP contribution in [0.3, 0.4) is 0 Å². The monoisotopic (exact) mass is 319 g/mol. The summed E-state index contributed by atoms with van der Waals surface area (Å²) in [5.74, 6) is 1.01. The van der Waals surface area contributed by atoms with Gasteiger partial charge >= 0.3 is 0 Å². The van der Waals surface area contributed by atoms with E-state index in [0.29, 0.717) is 16.9 Å². The van der Waals surface area contributed by atoms with Gasteiger partial charge in [0.25, 0.3) is 0 Å². The highest BCUT2D eigenvalue weighted by Crippen LogP contribution is 2.39. The Morgan fingerprint density at radius 1 is 0.833 bits per heavy atom. The first-order valence-corrected chi connectivity index (χ1v) is 7.55. The van der Waals surface area contributed by atoms with Gasteiger partial charge in [-0.15, -0.1) is 0 Å². The number of ether oxygens (including phenoxy) is 1. The first-order chi connectivity index (χ1) is 11.8. The number of hydrogen-bond acceptors (Lipinski definition) is 3. The predicted octanol–water partition coefficient (Wildman–Crippen LogP) is 5.31. The second-order valence-electron chi connectivity index (χ2n) is 5.41. The summed E-state index contributed by atoms with van der Waals surface area (Å²) < 4.78 is 25.1. The number of benzene rings is 3. The fourth-order valence-corrected chi connectivity index (χ4v) is 2.95. The van der Waals surface area contributed by atoms with Gasteiger partial charge in [0.2, 0.25) is 0 Å². The molecule has 1 aromatic heterocycles. The zero-order valence-electron chi connectivity index (χ0n) is 13.0. The lowest BCUT2D eigenvalue weighted by Crippen LogP contribution is -1.89. The van der Waals surface area contributed by atoms with E-state index in [4.69, 9.17) is 9.26 Å². The van der Waals surface area contributed by atoms with Gasteiger partial charge in [-0.05, 0) is 23.6 Å². The molecule has 0 fully saturated rings. The number of methoxy groups -OCH3 is 1. The molecule has 0 unspecified atom stereocenters. The highest BCUT2D eigenvalue weighted by molar-refractivity contribution is 6.01. The zero-order valence-corrected chi connectivity index (χ0v) is 13.0. The van der Waals surface area contributed by atoms with E-state index in [0.717, 1.165) is 22.1 Å². The lowest BCUT2D eigenvalue weighted by molar-refractivity contribution is 0.419. The Labute approximate surface area is 138 Å². The fourth-order valence-electron chi connectivity index (χ4n) is 2.95. The van der Waals surface area contributed by atoms with Crippen LogP contribution in [-0.2, 0) is 0 Å². The topological polar surface area (TPSA) is 35.3 Å². The SMILES string of the molecule is COc1ccc(-c2oncc2-c2ccccc2F)c2ccccc12. The van der Waals surface area contributed by atoms with Crippen LogP contribution in [0.2, 0.25) is 0 Å². The Hall–Kier alpha value is -3.14. The summed E-state index contributed by atoms with van der Waals surface area (Å²) >= 11 is 0. The second kappa shape index (κ2) is 5.81. The van der Waals surface area contributed by atoms with Crippen molar-refractivity contribution in [2.24, 2.45) is 0 Å². The first-order valence-electron chi connectivity index (χ1n) is 7.55. The molecule has 4 rings (SSSR count). The molecule has 0 N–H and O–H groups in total. The smallest absolute Gasteiger partial charge is 0.175 e. The fraction of sp³-hybridized carbons (Fsp3) is 0.0500.